The van der Waals surface area contributed by atoms with Crippen molar-refractivity contribution in [2.24, 2.45) is 7.05 Å². The summed E-state index contributed by atoms with van der Waals surface area (Å²) in [6.45, 7) is 1.76. The van der Waals surface area contributed by atoms with Gasteiger partial charge in [0.05, 0.1) is 25.3 Å². The number of methoxy groups -OCH3 is 2. The normalized spacial score (nSPS) is 13.6. The van der Waals surface area contributed by atoms with Crippen LogP contribution in [0.1, 0.15) is 31.8 Å². The Morgan fingerprint density at radius 1 is 0.971 bits per heavy atom. The number of Topliss-reactive ketones (excluding diaryl/α,β-unsaturated/α-hetero) is 1. The molecule has 0 saturated heterocycles. The Labute approximate surface area is 202 Å². The smallest absolute Gasteiger partial charge is 0.343 e. The topological polar surface area (TPSA) is 76.0 Å². The molecule has 2 heterocycles. The summed E-state index contributed by atoms with van der Waals surface area (Å²) in [7, 11) is 5.11. The minimum absolute atomic E-state index is 0.206. The number of hydrogen-bond acceptors (Lipinski definition) is 6. The van der Waals surface area contributed by atoms with E-state index in [0.29, 0.717) is 33.9 Å². The van der Waals surface area contributed by atoms with E-state index < -0.39 is 5.97 Å². The standard InChI is InChI=1S/C28H23NO6/c1-16-24(35-28(31)17-5-7-19(32-3)8-6-17)12-10-21-26(30)25(34-27(16)21)13-18-15-29(2)23-11-9-20(33-4)14-22(18)23/h5-15H,1-4H3. The van der Waals surface area contributed by atoms with E-state index in [0.717, 1.165) is 22.2 Å². The molecule has 0 unspecified atom stereocenters. The van der Waals surface area contributed by atoms with Crippen molar-refractivity contribution in [3.05, 3.63) is 88.8 Å². The number of ether oxygens (including phenoxy) is 4. The van der Waals surface area contributed by atoms with Gasteiger partial charge in [-0.05, 0) is 67.6 Å². The van der Waals surface area contributed by atoms with Crippen LogP contribution >= 0.6 is 0 Å². The number of esters is 1. The third-order valence-corrected chi connectivity index (χ3v) is 6.08. The molecule has 7 nitrogen and oxygen atoms in total. The average molecular weight is 469 g/mol. The van der Waals surface area contributed by atoms with Crippen LogP contribution in [0.3, 0.4) is 0 Å². The van der Waals surface area contributed by atoms with Gasteiger partial charge in [0.15, 0.2) is 5.76 Å². The van der Waals surface area contributed by atoms with Crippen molar-refractivity contribution in [2.45, 2.75) is 6.92 Å². The number of carbonyl (C=O) groups excluding carboxylic acids is 2. The second kappa shape index (κ2) is 8.68. The van der Waals surface area contributed by atoms with Crippen LogP contribution in [-0.4, -0.2) is 30.5 Å². The molecule has 0 spiro atoms. The molecule has 35 heavy (non-hydrogen) atoms. The first kappa shape index (κ1) is 22.3. The molecule has 176 valence electrons. The quantitative estimate of drug-likeness (QED) is 0.223. The first-order valence-corrected chi connectivity index (χ1v) is 11.0. The Bertz CT molecular complexity index is 1510. The first-order valence-electron chi connectivity index (χ1n) is 11.0. The van der Waals surface area contributed by atoms with Gasteiger partial charge < -0.3 is 23.5 Å². The molecule has 0 bridgehead atoms. The van der Waals surface area contributed by atoms with E-state index in [-0.39, 0.29) is 11.5 Å². The summed E-state index contributed by atoms with van der Waals surface area (Å²) in [6.07, 6.45) is 3.66. The Balaban J connectivity index is 1.44. The zero-order valence-electron chi connectivity index (χ0n) is 19.7. The molecule has 1 aliphatic rings. The number of fused-ring (bicyclic) bond motifs is 2. The molecular formula is C28H23NO6. The SMILES string of the molecule is COc1ccc(C(=O)Oc2ccc3c(c2C)OC(=Cc2cn(C)c4ccc(OC)cc24)C3=O)cc1. The molecule has 7 heteroatoms. The van der Waals surface area contributed by atoms with Crippen molar-refractivity contribution in [3.8, 4) is 23.0 Å². The van der Waals surface area contributed by atoms with Crippen LogP contribution in [0.2, 0.25) is 0 Å². The van der Waals surface area contributed by atoms with Crippen LogP contribution in [0.25, 0.3) is 17.0 Å². The summed E-state index contributed by atoms with van der Waals surface area (Å²) in [5, 5.41) is 0.942. The van der Waals surface area contributed by atoms with E-state index in [1.54, 1.807) is 63.6 Å². The van der Waals surface area contributed by atoms with E-state index in [1.807, 2.05) is 36.0 Å². The van der Waals surface area contributed by atoms with Gasteiger partial charge in [-0.2, -0.15) is 0 Å². The molecule has 0 aliphatic carbocycles. The van der Waals surface area contributed by atoms with E-state index in [2.05, 4.69) is 0 Å². The van der Waals surface area contributed by atoms with Crippen molar-refractivity contribution >= 4 is 28.7 Å². The highest BCUT2D eigenvalue weighted by atomic mass is 16.5. The maximum Gasteiger partial charge on any atom is 0.343 e. The molecular weight excluding hydrogens is 446 g/mol. The molecule has 0 fully saturated rings. The van der Waals surface area contributed by atoms with Gasteiger partial charge >= 0.3 is 5.97 Å². The summed E-state index contributed by atoms with van der Waals surface area (Å²) >= 11 is 0. The lowest BCUT2D eigenvalue weighted by Gasteiger charge is -2.10. The van der Waals surface area contributed by atoms with Gasteiger partial charge in [-0.1, -0.05) is 0 Å². The summed E-state index contributed by atoms with van der Waals surface area (Å²) < 4.78 is 24.0. The van der Waals surface area contributed by atoms with Gasteiger partial charge in [-0.3, -0.25) is 4.79 Å². The van der Waals surface area contributed by atoms with Crippen LogP contribution < -0.4 is 18.9 Å². The van der Waals surface area contributed by atoms with Crippen LogP contribution in [0.15, 0.2) is 66.6 Å². The Kier molecular flexibility index (Phi) is 5.53. The molecule has 0 N–H and O–H groups in total. The lowest BCUT2D eigenvalue weighted by atomic mass is 10.1. The molecule has 0 saturated carbocycles. The Morgan fingerprint density at radius 3 is 2.40 bits per heavy atom. The number of aryl methyl sites for hydroxylation is 1. The predicted molar refractivity (Wildman–Crippen MR) is 132 cm³/mol. The van der Waals surface area contributed by atoms with Crippen LogP contribution in [-0.2, 0) is 7.05 Å². The molecule has 3 aromatic carbocycles. The molecule has 0 atom stereocenters. The number of benzene rings is 3. The maximum absolute atomic E-state index is 13.1. The van der Waals surface area contributed by atoms with Crippen molar-refractivity contribution in [3.63, 3.8) is 0 Å². The molecule has 1 aliphatic heterocycles. The summed E-state index contributed by atoms with van der Waals surface area (Å²) in [6, 6.07) is 15.7. The van der Waals surface area contributed by atoms with Gasteiger partial charge in [0.2, 0.25) is 5.78 Å². The molecule has 4 aromatic rings. The summed E-state index contributed by atoms with van der Waals surface area (Å²) in [5.41, 5.74) is 3.22. The molecule has 0 amide bonds. The van der Waals surface area contributed by atoms with Crippen molar-refractivity contribution < 1.29 is 28.5 Å². The second-order valence-electron chi connectivity index (χ2n) is 8.20. The number of hydrogen-bond donors (Lipinski definition) is 0. The van der Waals surface area contributed by atoms with Gasteiger partial charge in [0.25, 0.3) is 0 Å². The Morgan fingerprint density at radius 2 is 1.69 bits per heavy atom. The number of nitrogens with zero attached hydrogens (tertiary/aromatic N) is 1. The largest absolute Gasteiger partial charge is 0.497 e. The zero-order valence-corrected chi connectivity index (χ0v) is 19.7. The van der Waals surface area contributed by atoms with Gasteiger partial charge in [0, 0.05) is 35.3 Å². The number of carbonyl (C=O) groups is 2. The van der Waals surface area contributed by atoms with Crippen molar-refractivity contribution in [1.82, 2.24) is 4.57 Å². The number of aromatic nitrogens is 1. The Hall–Kier alpha value is -4.52. The second-order valence-corrected chi connectivity index (χ2v) is 8.20. The minimum atomic E-state index is -0.513. The highest BCUT2D eigenvalue weighted by Crippen LogP contribution is 2.40. The maximum atomic E-state index is 13.1. The molecule has 0 radical (unpaired) electrons. The van der Waals surface area contributed by atoms with Crippen molar-refractivity contribution in [1.29, 1.82) is 0 Å². The summed E-state index contributed by atoms with van der Waals surface area (Å²) in [4.78, 5) is 25.7. The monoisotopic (exact) mass is 469 g/mol. The fraction of sp³-hybridized carbons (Fsp3) is 0.143. The summed E-state index contributed by atoms with van der Waals surface area (Å²) in [5.74, 6) is 1.55. The van der Waals surface area contributed by atoms with Crippen molar-refractivity contribution in [2.75, 3.05) is 14.2 Å². The van der Waals surface area contributed by atoms with Crippen LogP contribution in [0, 0.1) is 6.92 Å². The van der Waals surface area contributed by atoms with E-state index in [4.69, 9.17) is 18.9 Å². The fourth-order valence-electron chi connectivity index (χ4n) is 4.15. The first-order chi connectivity index (χ1) is 16.9. The average Bonchev–Trinajstić information content (AvgIpc) is 3.37. The van der Waals surface area contributed by atoms with Gasteiger partial charge in [0.1, 0.15) is 23.0 Å². The van der Waals surface area contributed by atoms with Gasteiger partial charge in [-0.25, -0.2) is 4.79 Å². The zero-order chi connectivity index (χ0) is 24.7. The molecule has 1 aromatic heterocycles. The highest BCUT2D eigenvalue weighted by Gasteiger charge is 2.31. The van der Waals surface area contributed by atoms with Crippen LogP contribution in [0.4, 0.5) is 0 Å². The third kappa shape index (κ3) is 3.91. The lowest BCUT2D eigenvalue weighted by Crippen LogP contribution is -2.09. The molecule has 5 rings (SSSR count). The van der Waals surface area contributed by atoms with E-state index in [1.165, 1.54) is 0 Å². The number of ketones is 1. The third-order valence-electron chi connectivity index (χ3n) is 6.08. The van der Waals surface area contributed by atoms with Gasteiger partial charge in [-0.15, -0.1) is 0 Å². The fourth-order valence-corrected chi connectivity index (χ4v) is 4.15. The van der Waals surface area contributed by atoms with E-state index >= 15 is 0 Å². The number of rotatable bonds is 5. The van der Waals surface area contributed by atoms with Crippen LogP contribution in [0.5, 0.6) is 23.0 Å². The van der Waals surface area contributed by atoms with E-state index in [9.17, 15) is 9.59 Å². The predicted octanol–water partition coefficient (Wildman–Crippen LogP) is 5.34. The minimum Gasteiger partial charge on any atom is -0.497 e. The lowest BCUT2D eigenvalue weighted by molar-refractivity contribution is 0.0733. The number of allylic oxidation sites excluding steroid dienone is 1. The highest BCUT2D eigenvalue weighted by molar-refractivity contribution is 6.15.